The summed E-state index contributed by atoms with van der Waals surface area (Å²) in [5.74, 6) is 0.730. The third-order valence-electron chi connectivity index (χ3n) is 5.41. The van der Waals surface area contributed by atoms with Crippen LogP contribution in [0.2, 0.25) is 0 Å². The zero-order valence-electron chi connectivity index (χ0n) is 17.9. The first-order valence-electron chi connectivity index (χ1n) is 10.5. The minimum Gasteiger partial charge on any atom is -0.350 e. The number of benzene rings is 2. The smallest absolute Gasteiger partial charge is 0.258 e. The van der Waals surface area contributed by atoms with E-state index in [4.69, 9.17) is 0 Å². The van der Waals surface area contributed by atoms with E-state index in [2.05, 4.69) is 20.3 Å². The van der Waals surface area contributed by atoms with E-state index in [0.717, 1.165) is 0 Å². The maximum Gasteiger partial charge on any atom is 0.258 e. The van der Waals surface area contributed by atoms with Gasteiger partial charge in [-0.2, -0.15) is 0 Å². The number of para-hydroxylation sites is 1. The Morgan fingerprint density at radius 2 is 2.06 bits per heavy atom. The molecule has 2 aromatic carbocycles. The minimum absolute atomic E-state index is 0.143. The molecule has 8 heteroatoms. The molecule has 2 N–H and O–H groups in total. The molecule has 0 saturated heterocycles. The first-order valence-corrected chi connectivity index (χ1v) is 10.5. The largest absolute Gasteiger partial charge is 0.350 e. The van der Waals surface area contributed by atoms with Gasteiger partial charge in [0, 0.05) is 25.2 Å². The molecule has 0 unspecified atom stereocenters. The van der Waals surface area contributed by atoms with E-state index in [1.54, 1.807) is 54.2 Å². The van der Waals surface area contributed by atoms with E-state index in [1.165, 1.54) is 6.07 Å². The van der Waals surface area contributed by atoms with Crippen molar-refractivity contribution in [1.29, 1.82) is 0 Å². The number of nitrogens with zero attached hydrogens (tertiary/aromatic N) is 3. The van der Waals surface area contributed by atoms with Gasteiger partial charge in [-0.3, -0.25) is 9.59 Å². The Hall–Kier alpha value is -3.81. The fourth-order valence-corrected chi connectivity index (χ4v) is 3.69. The summed E-state index contributed by atoms with van der Waals surface area (Å²) >= 11 is 0. The summed E-state index contributed by atoms with van der Waals surface area (Å²) in [4.78, 5) is 35.8. The SMILES string of the molecule is Cc1nccn1-c1ccc([C@@H](C)NC(=O)CCCc2nc3ccccc3c(=O)[nH]2)cc1F. The lowest BCUT2D eigenvalue weighted by molar-refractivity contribution is -0.121. The minimum atomic E-state index is -0.379. The molecule has 1 amide bonds. The van der Waals surface area contributed by atoms with Crippen molar-refractivity contribution in [2.24, 2.45) is 0 Å². The predicted octanol–water partition coefficient (Wildman–Crippen LogP) is 3.76. The number of H-pyrrole nitrogens is 1. The van der Waals surface area contributed by atoms with Crippen LogP contribution in [0, 0.1) is 12.7 Å². The van der Waals surface area contributed by atoms with Crippen LogP contribution in [-0.2, 0) is 11.2 Å². The Morgan fingerprint density at radius 3 is 2.81 bits per heavy atom. The second kappa shape index (κ2) is 9.13. The maximum absolute atomic E-state index is 14.6. The van der Waals surface area contributed by atoms with Crippen molar-refractivity contribution in [2.75, 3.05) is 0 Å². The summed E-state index contributed by atoms with van der Waals surface area (Å²) in [5, 5.41) is 3.44. The second-order valence-corrected chi connectivity index (χ2v) is 7.73. The molecule has 0 saturated carbocycles. The van der Waals surface area contributed by atoms with Crippen LogP contribution in [0.5, 0.6) is 0 Å². The first kappa shape index (κ1) is 21.4. The van der Waals surface area contributed by atoms with Crippen molar-refractivity contribution >= 4 is 16.8 Å². The molecule has 0 bridgehead atoms. The Labute approximate surface area is 184 Å². The molecule has 0 fully saturated rings. The third kappa shape index (κ3) is 4.59. The van der Waals surface area contributed by atoms with E-state index in [-0.39, 0.29) is 29.7 Å². The number of imidazole rings is 1. The molecular weight excluding hydrogens is 409 g/mol. The number of amides is 1. The highest BCUT2D eigenvalue weighted by atomic mass is 19.1. The summed E-state index contributed by atoms with van der Waals surface area (Å²) in [6.45, 7) is 3.62. The van der Waals surface area contributed by atoms with Crippen LogP contribution >= 0.6 is 0 Å². The Balaban J connectivity index is 1.34. The Kier molecular flexibility index (Phi) is 6.11. The maximum atomic E-state index is 14.6. The van der Waals surface area contributed by atoms with Gasteiger partial charge in [-0.15, -0.1) is 0 Å². The highest BCUT2D eigenvalue weighted by Gasteiger charge is 2.14. The predicted molar refractivity (Wildman–Crippen MR) is 120 cm³/mol. The van der Waals surface area contributed by atoms with Crippen LogP contribution in [0.15, 0.2) is 59.7 Å². The van der Waals surface area contributed by atoms with Crippen molar-refractivity contribution in [3.63, 3.8) is 0 Å². The van der Waals surface area contributed by atoms with Gasteiger partial charge in [-0.1, -0.05) is 18.2 Å². The number of aromatic nitrogens is 4. The molecule has 4 rings (SSSR count). The van der Waals surface area contributed by atoms with E-state index in [9.17, 15) is 14.0 Å². The van der Waals surface area contributed by atoms with E-state index in [1.807, 2.05) is 13.0 Å². The zero-order valence-corrected chi connectivity index (χ0v) is 17.9. The molecule has 164 valence electrons. The Bertz CT molecular complexity index is 1330. The second-order valence-electron chi connectivity index (χ2n) is 7.73. The third-order valence-corrected chi connectivity index (χ3v) is 5.41. The van der Waals surface area contributed by atoms with Gasteiger partial charge in [0.05, 0.1) is 22.6 Å². The van der Waals surface area contributed by atoms with Crippen LogP contribution in [0.3, 0.4) is 0 Å². The van der Waals surface area contributed by atoms with E-state index >= 15 is 0 Å². The van der Waals surface area contributed by atoms with Crippen molar-refractivity contribution in [3.8, 4) is 5.69 Å². The molecule has 32 heavy (non-hydrogen) atoms. The van der Waals surface area contributed by atoms with Gasteiger partial charge < -0.3 is 14.9 Å². The molecule has 7 nitrogen and oxygen atoms in total. The number of nitrogens with one attached hydrogen (secondary N) is 2. The first-order chi connectivity index (χ1) is 15.4. The normalized spacial score (nSPS) is 12.1. The Morgan fingerprint density at radius 1 is 1.25 bits per heavy atom. The number of carbonyl (C=O) groups is 1. The number of aryl methyl sites for hydroxylation is 2. The number of carbonyl (C=O) groups excluding carboxylic acids is 1. The van der Waals surface area contributed by atoms with Gasteiger partial charge in [0.15, 0.2) is 0 Å². The number of fused-ring (bicyclic) bond motifs is 1. The molecule has 2 heterocycles. The fraction of sp³-hybridized carbons (Fsp3) is 0.250. The fourth-order valence-electron chi connectivity index (χ4n) is 3.69. The lowest BCUT2D eigenvalue weighted by Crippen LogP contribution is -2.26. The van der Waals surface area contributed by atoms with Gasteiger partial charge in [0.25, 0.3) is 5.56 Å². The molecule has 4 aromatic rings. The summed E-state index contributed by atoms with van der Waals surface area (Å²) < 4.78 is 16.3. The van der Waals surface area contributed by atoms with Crippen LogP contribution in [0.1, 0.15) is 43.0 Å². The average Bonchev–Trinajstić information content (AvgIpc) is 3.19. The van der Waals surface area contributed by atoms with Crippen molar-refractivity contribution < 1.29 is 9.18 Å². The summed E-state index contributed by atoms with van der Waals surface area (Å²) in [5.41, 5.74) is 1.55. The van der Waals surface area contributed by atoms with Crippen molar-refractivity contribution in [2.45, 2.75) is 39.2 Å². The molecule has 0 aliphatic carbocycles. The lowest BCUT2D eigenvalue weighted by atomic mass is 10.1. The topological polar surface area (TPSA) is 92.7 Å². The van der Waals surface area contributed by atoms with Gasteiger partial charge in [0.1, 0.15) is 17.5 Å². The number of hydrogen-bond donors (Lipinski definition) is 2. The standard InChI is InChI=1S/C24H24FN5O2/c1-15(17-10-11-21(19(25)14-17)30-13-12-26-16(30)2)27-23(31)9-5-8-22-28-20-7-4-3-6-18(20)24(32)29-22/h3-4,6-7,10-15H,5,8-9H2,1-2H3,(H,27,31)(H,28,29,32)/t15-/m1/s1. The van der Waals surface area contributed by atoms with Gasteiger partial charge >= 0.3 is 0 Å². The van der Waals surface area contributed by atoms with Gasteiger partial charge in [-0.05, 0) is 50.1 Å². The highest BCUT2D eigenvalue weighted by molar-refractivity contribution is 5.77. The molecule has 0 spiro atoms. The average molecular weight is 433 g/mol. The summed E-state index contributed by atoms with van der Waals surface area (Å²) in [6.07, 6.45) is 4.61. The summed E-state index contributed by atoms with van der Waals surface area (Å²) in [6, 6.07) is 11.7. The lowest BCUT2D eigenvalue weighted by Gasteiger charge is -2.16. The van der Waals surface area contributed by atoms with Crippen LogP contribution in [0.4, 0.5) is 4.39 Å². The van der Waals surface area contributed by atoms with E-state index in [0.29, 0.717) is 46.6 Å². The van der Waals surface area contributed by atoms with Crippen LogP contribution < -0.4 is 10.9 Å². The molecular formula is C24H24FN5O2. The summed E-state index contributed by atoms with van der Waals surface area (Å²) in [7, 11) is 0. The van der Waals surface area contributed by atoms with Gasteiger partial charge in [-0.25, -0.2) is 14.4 Å². The van der Waals surface area contributed by atoms with Crippen molar-refractivity contribution in [3.05, 3.63) is 88.2 Å². The molecule has 0 radical (unpaired) electrons. The highest BCUT2D eigenvalue weighted by Crippen LogP contribution is 2.21. The van der Waals surface area contributed by atoms with Crippen molar-refractivity contribution in [1.82, 2.24) is 24.8 Å². The number of aromatic amines is 1. The van der Waals surface area contributed by atoms with Gasteiger partial charge in [0.2, 0.25) is 5.91 Å². The number of halogens is 1. The number of rotatable bonds is 7. The van der Waals surface area contributed by atoms with E-state index < -0.39 is 0 Å². The number of hydrogen-bond acceptors (Lipinski definition) is 4. The molecule has 0 aliphatic rings. The quantitative estimate of drug-likeness (QED) is 0.464. The zero-order chi connectivity index (χ0) is 22.7. The molecule has 1 atom stereocenters. The van der Waals surface area contributed by atoms with Crippen LogP contribution in [-0.4, -0.2) is 25.4 Å². The van der Waals surface area contributed by atoms with Crippen LogP contribution in [0.25, 0.3) is 16.6 Å². The monoisotopic (exact) mass is 433 g/mol. The molecule has 2 aromatic heterocycles. The molecule has 0 aliphatic heterocycles.